The second kappa shape index (κ2) is 9.88. The third kappa shape index (κ3) is 4.64. The first kappa shape index (κ1) is 24.4. The van der Waals surface area contributed by atoms with E-state index in [1.807, 2.05) is 80.5 Å². The van der Waals surface area contributed by atoms with Gasteiger partial charge in [0.1, 0.15) is 5.76 Å². The molecule has 0 aliphatic carbocycles. The largest absolute Gasteiger partial charge is 0.507 e. The number of ketones is 1. The number of aromatic nitrogens is 2. The van der Waals surface area contributed by atoms with Crippen LogP contribution in [0.2, 0.25) is 0 Å². The highest BCUT2D eigenvalue weighted by Gasteiger charge is 2.46. The number of carbonyl (C=O) groups is 2. The van der Waals surface area contributed by atoms with E-state index in [9.17, 15) is 14.7 Å². The number of aliphatic hydroxyl groups excluding tert-OH is 1. The Morgan fingerprint density at radius 3 is 2.31 bits per heavy atom. The van der Waals surface area contributed by atoms with E-state index < -0.39 is 17.7 Å². The van der Waals surface area contributed by atoms with Crippen molar-refractivity contribution in [3.05, 3.63) is 88.8 Å². The fraction of sp³-hybridized carbons (Fsp3) is 0.321. The van der Waals surface area contributed by atoms with Crippen molar-refractivity contribution < 1.29 is 14.7 Å². The average molecular weight is 473 g/mol. The Bertz CT molecular complexity index is 1260. The SMILES string of the molecule is Cc1c(C(O)=C2C(=O)C(=O)N(CCN(C)C)[C@H]2c2ccc(C(C)C)cc2)cnn1-c1ccccc1. The highest BCUT2D eigenvalue weighted by molar-refractivity contribution is 6.46. The number of hydrogen-bond donors (Lipinski definition) is 1. The predicted octanol–water partition coefficient (Wildman–Crippen LogP) is 4.29. The Hall–Kier alpha value is -3.71. The first-order valence-corrected chi connectivity index (χ1v) is 11.8. The van der Waals surface area contributed by atoms with Crippen LogP contribution in [0, 0.1) is 6.92 Å². The standard InChI is InChI=1S/C28H32N4O3/c1-18(2)20-11-13-21(14-12-20)25-24(27(34)28(35)31(25)16-15-30(4)5)26(33)23-17-29-32(19(23)3)22-9-7-6-8-10-22/h6-14,17-18,25,33H,15-16H2,1-5H3/t25-/m0/s1. The van der Waals surface area contributed by atoms with Crippen LogP contribution in [0.4, 0.5) is 0 Å². The zero-order valence-corrected chi connectivity index (χ0v) is 20.9. The third-order valence-electron chi connectivity index (χ3n) is 6.51. The number of hydrogen-bond acceptors (Lipinski definition) is 5. The lowest BCUT2D eigenvalue weighted by atomic mass is 9.93. The van der Waals surface area contributed by atoms with Gasteiger partial charge in [0.05, 0.1) is 34.8 Å². The quantitative estimate of drug-likeness (QED) is 0.315. The van der Waals surface area contributed by atoms with Crippen molar-refractivity contribution in [2.75, 3.05) is 27.2 Å². The lowest BCUT2D eigenvalue weighted by Crippen LogP contribution is -2.35. The maximum absolute atomic E-state index is 13.3. The summed E-state index contributed by atoms with van der Waals surface area (Å²) < 4.78 is 1.71. The molecule has 0 bridgehead atoms. The van der Waals surface area contributed by atoms with Gasteiger partial charge in [-0.15, -0.1) is 0 Å². The number of Topliss-reactive ketones (excluding diaryl/α,β-unsaturated/α-hetero) is 1. The smallest absolute Gasteiger partial charge is 0.295 e. The van der Waals surface area contributed by atoms with Gasteiger partial charge < -0.3 is 14.9 Å². The van der Waals surface area contributed by atoms with Crippen molar-refractivity contribution >= 4 is 17.4 Å². The summed E-state index contributed by atoms with van der Waals surface area (Å²) in [5, 5.41) is 15.9. The molecule has 182 valence electrons. The van der Waals surface area contributed by atoms with E-state index in [1.54, 1.807) is 15.8 Å². The summed E-state index contributed by atoms with van der Waals surface area (Å²) in [5.41, 5.74) is 4.02. The van der Waals surface area contributed by atoms with E-state index in [1.165, 1.54) is 5.56 Å². The Morgan fingerprint density at radius 1 is 1.06 bits per heavy atom. The van der Waals surface area contributed by atoms with Gasteiger partial charge >= 0.3 is 0 Å². The van der Waals surface area contributed by atoms with Crippen molar-refractivity contribution in [1.82, 2.24) is 19.6 Å². The van der Waals surface area contributed by atoms with Crippen LogP contribution < -0.4 is 0 Å². The molecular formula is C28H32N4O3. The molecule has 1 N–H and O–H groups in total. The topological polar surface area (TPSA) is 78.7 Å². The maximum atomic E-state index is 13.3. The highest BCUT2D eigenvalue weighted by Crippen LogP contribution is 2.40. The minimum atomic E-state index is -0.675. The molecule has 2 aromatic carbocycles. The summed E-state index contributed by atoms with van der Waals surface area (Å²) in [5.74, 6) is -1.12. The molecule has 0 radical (unpaired) electrons. The van der Waals surface area contributed by atoms with Crippen LogP contribution in [0.25, 0.3) is 11.4 Å². The lowest BCUT2D eigenvalue weighted by molar-refractivity contribution is -0.140. The molecule has 1 aromatic heterocycles. The number of nitrogens with zero attached hydrogens (tertiary/aromatic N) is 4. The zero-order chi connectivity index (χ0) is 25.3. The monoisotopic (exact) mass is 472 g/mol. The summed E-state index contributed by atoms with van der Waals surface area (Å²) in [4.78, 5) is 29.9. The van der Waals surface area contributed by atoms with Crippen LogP contribution in [0.3, 0.4) is 0 Å². The normalized spacial score (nSPS) is 17.7. The van der Waals surface area contributed by atoms with E-state index in [0.29, 0.717) is 30.3 Å². The maximum Gasteiger partial charge on any atom is 0.295 e. The van der Waals surface area contributed by atoms with Crippen molar-refractivity contribution in [2.45, 2.75) is 32.7 Å². The number of para-hydroxylation sites is 1. The van der Waals surface area contributed by atoms with Gasteiger partial charge in [0, 0.05) is 13.1 Å². The summed E-state index contributed by atoms with van der Waals surface area (Å²) in [6.45, 7) is 7.03. The number of amides is 1. The molecule has 0 unspecified atom stereocenters. The van der Waals surface area contributed by atoms with Gasteiger partial charge in [0.2, 0.25) is 0 Å². The Balaban J connectivity index is 1.83. The van der Waals surface area contributed by atoms with E-state index >= 15 is 0 Å². The molecule has 7 heteroatoms. The number of likely N-dealkylation sites (N-methyl/N-ethyl adjacent to an activating group) is 1. The van der Waals surface area contributed by atoms with Crippen molar-refractivity contribution in [2.24, 2.45) is 0 Å². The molecule has 1 amide bonds. The predicted molar refractivity (Wildman–Crippen MR) is 136 cm³/mol. The van der Waals surface area contributed by atoms with Crippen LogP contribution in [0.1, 0.15) is 48.2 Å². The molecule has 7 nitrogen and oxygen atoms in total. The van der Waals surface area contributed by atoms with Crippen LogP contribution in [-0.4, -0.2) is 63.6 Å². The van der Waals surface area contributed by atoms with Gasteiger partial charge in [-0.1, -0.05) is 56.3 Å². The van der Waals surface area contributed by atoms with Crippen LogP contribution in [-0.2, 0) is 9.59 Å². The molecule has 1 aliphatic heterocycles. The van der Waals surface area contributed by atoms with Crippen LogP contribution >= 0.6 is 0 Å². The number of likely N-dealkylation sites (tertiary alicyclic amines) is 1. The van der Waals surface area contributed by atoms with Gasteiger partial charge in [-0.25, -0.2) is 4.68 Å². The first-order valence-electron chi connectivity index (χ1n) is 11.8. The van der Waals surface area contributed by atoms with E-state index in [2.05, 4.69) is 18.9 Å². The third-order valence-corrected chi connectivity index (χ3v) is 6.51. The Morgan fingerprint density at radius 2 is 1.71 bits per heavy atom. The van der Waals surface area contributed by atoms with Gasteiger partial charge in [-0.2, -0.15) is 5.10 Å². The molecule has 2 heterocycles. The molecule has 1 fully saturated rings. The number of carbonyl (C=O) groups excluding carboxylic acids is 2. The van der Waals surface area contributed by atoms with Gasteiger partial charge in [-0.3, -0.25) is 9.59 Å². The Kier molecular flexibility index (Phi) is 6.89. The van der Waals surface area contributed by atoms with Gasteiger partial charge in [0.25, 0.3) is 11.7 Å². The number of rotatable bonds is 7. The second-order valence-electron chi connectivity index (χ2n) is 9.51. The molecule has 1 atom stereocenters. The van der Waals surface area contributed by atoms with Crippen molar-refractivity contribution in [3.63, 3.8) is 0 Å². The van der Waals surface area contributed by atoms with E-state index in [0.717, 1.165) is 11.3 Å². The van der Waals surface area contributed by atoms with Crippen LogP contribution in [0.5, 0.6) is 0 Å². The highest BCUT2D eigenvalue weighted by atomic mass is 16.3. The fourth-order valence-corrected chi connectivity index (χ4v) is 4.44. The minimum absolute atomic E-state index is 0.0989. The summed E-state index contributed by atoms with van der Waals surface area (Å²) in [6.07, 6.45) is 1.55. The average Bonchev–Trinajstić information content (AvgIpc) is 3.35. The van der Waals surface area contributed by atoms with Crippen molar-refractivity contribution in [1.29, 1.82) is 0 Å². The molecule has 35 heavy (non-hydrogen) atoms. The molecular weight excluding hydrogens is 440 g/mol. The van der Waals surface area contributed by atoms with Gasteiger partial charge in [0.15, 0.2) is 0 Å². The zero-order valence-electron chi connectivity index (χ0n) is 20.9. The summed E-state index contributed by atoms with van der Waals surface area (Å²) in [6, 6.07) is 16.8. The molecule has 4 rings (SSSR count). The Labute approximate surface area is 206 Å². The number of aliphatic hydroxyl groups is 1. The van der Waals surface area contributed by atoms with Gasteiger partial charge in [-0.05, 0) is 50.2 Å². The first-order chi connectivity index (χ1) is 16.7. The van der Waals surface area contributed by atoms with E-state index in [-0.39, 0.29) is 11.3 Å². The molecule has 1 saturated heterocycles. The molecule has 3 aromatic rings. The summed E-state index contributed by atoms with van der Waals surface area (Å²) >= 11 is 0. The molecule has 0 spiro atoms. The minimum Gasteiger partial charge on any atom is -0.507 e. The summed E-state index contributed by atoms with van der Waals surface area (Å²) in [7, 11) is 3.84. The molecule has 1 aliphatic rings. The number of benzene rings is 2. The molecule has 0 saturated carbocycles. The van der Waals surface area contributed by atoms with E-state index in [4.69, 9.17) is 0 Å². The fourth-order valence-electron chi connectivity index (χ4n) is 4.44. The second-order valence-corrected chi connectivity index (χ2v) is 9.51. The van der Waals surface area contributed by atoms with Crippen LogP contribution in [0.15, 0.2) is 66.4 Å². The lowest BCUT2D eigenvalue weighted by Gasteiger charge is -2.26. The van der Waals surface area contributed by atoms with Crippen molar-refractivity contribution in [3.8, 4) is 5.69 Å².